The molecular weight excluding hydrogens is 376 g/mol. The number of fused-ring (bicyclic) bond motifs is 1. The fraction of sp³-hybridized carbons (Fsp3) is 0.520. The highest BCUT2D eigenvalue weighted by molar-refractivity contribution is 5.86. The molecule has 5 heteroatoms. The van der Waals surface area contributed by atoms with E-state index in [9.17, 15) is 9.59 Å². The normalized spacial score (nSPS) is 24.2. The summed E-state index contributed by atoms with van der Waals surface area (Å²) in [5.41, 5.74) is 0.890. The zero-order valence-electron chi connectivity index (χ0n) is 17.9. The lowest BCUT2D eigenvalue weighted by atomic mass is 9.83. The van der Waals surface area contributed by atoms with E-state index in [0.29, 0.717) is 25.9 Å². The molecule has 1 N–H and O–H groups in total. The molecule has 5 nitrogen and oxygen atoms in total. The Morgan fingerprint density at radius 2 is 2.03 bits per heavy atom. The van der Waals surface area contributed by atoms with Gasteiger partial charge in [-0.3, -0.25) is 9.59 Å². The lowest BCUT2D eigenvalue weighted by Crippen LogP contribution is -2.48. The van der Waals surface area contributed by atoms with Crippen molar-refractivity contribution in [2.45, 2.75) is 62.9 Å². The smallest absolute Gasteiger partial charge is 0.222 e. The first-order valence-electron chi connectivity index (χ1n) is 11.2. The number of rotatable bonds is 7. The number of hydrogen-bond acceptors (Lipinski definition) is 3. The van der Waals surface area contributed by atoms with Gasteiger partial charge in [0.25, 0.3) is 0 Å². The number of amides is 2. The molecule has 0 saturated carbocycles. The van der Waals surface area contributed by atoms with Crippen molar-refractivity contribution in [3.05, 3.63) is 48.0 Å². The number of benzene rings is 2. The van der Waals surface area contributed by atoms with Gasteiger partial charge in [0.1, 0.15) is 0 Å². The first kappa shape index (κ1) is 20.9. The molecule has 2 aromatic carbocycles. The van der Waals surface area contributed by atoms with Gasteiger partial charge in [-0.05, 0) is 54.9 Å². The maximum atomic E-state index is 13.1. The highest BCUT2D eigenvalue weighted by Gasteiger charge is 2.39. The van der Waals surface area contributed by atoms with Gasteiger partial charge in [-0.15, -0.1) is 0 Å². The number of nitrogens with zero attached hydrogens (tertiary/aromatic N) is 1. The Hall–Kier alpha value is -2.40. The average Bonchev–Trinajstić information content (AvgIpc) is 3.13. The number of ether oxygens (including phenoxy) is 1. The first-order valence-corrected chi connectivity index (χ1v) is 11.2. The van der Waals surface area contributed by atoms with E-state index in [1.54, 1.807) is 7.11 Å². The van der Waals surface area contributed by atoms with Gasteiger partial charge in [-0.1, -0.05) is 42.5 Å². The third-order valence-corrected chi connectivity index (χ3v) is 6.77. The second-order valence-corrected chi connectivity index (χ2v) is 8.84. The summed E-state index contributed by atoms with van der Waals surface area (Å²) in [6.45, 7) is 1.42. The topological polar surface area (TPSA) is 58.6 Å². The zero-order valence-corrected chi connectivity index (χ0v) is 17.9. The molecule has 2 aromatic rings. The SMILES string of the molecule is COC[C@@H]1CCCCN1C(=O)CC[C@]1(Cc2cccc3ccccc23)CCC(=O)N1. The number of likely N-dealkylation sites (tertiary alicyclic amines) is 1. The van der Waals surface area contributed by atoms with E-state index >= 15 is 0 Å². The lowest BCUT2D eigenvalue weighted by Gasteiger charge is -2.37. The summed E-state index contributed by atoms with van der Waals surface area (Å²) >= 11 is 0. The standard InChI is InChI=1S/C25H32N2O3/c1-30-18-21-10-4-5-16-27(21)24(29)13-15-25(14-12-23(28)26-25)17-20-9-6-8-19-7-2-3-11-22(19)20/h2-3,6-9,11,21H,4-5,10,12-18H2,1H3,(H,26,28)/t21-,25-/m0/s1. The number of piperidine rings is 1. The van der Waals surface area contributed by atoms with Crippen molar-refractivity contribution in [2.24, 2.45) is 0 Å². The number of nitrogens with one attached hydrogen (secondary N) is 1. The van der Waals surface area contributed by atoms with Gasteiger partial charge in [0.2, 0.25) is 11.8 Å². The monoisotopic (exact) mass is 408 g/mol. The van der Waals surface area contributed by atoms with Crippen LogP contribution in [0.25, 0.3) is 10.8 Å². The summed E-state index contributed by atoms with van der Waals surface area (Å²) in [4.78, 5) is 27.3. The largest absolute Gasteiger partial charge is 0.383 e. The predicted octanol–water partition coefficient (Wildman–Crippen LogP) is 3.84. The second kappa shape index (κ2) is 9.17. The summed E-state index contributed by atoms with van der Waals surface area (Å²) < 4.78 is 5.34. The maximum absolute atomic E-state index is 13.1. The van der Waals surface area contributed by atoms with Gasteiger partial charge >= 0.3 is 0 Å². The van der Waals surface area contributed by atoms with Crippen LogP contribution in [0, 0.1) is 0 Å². The van der Waals surface area contributed by atoms with Gasteiger partial charge in [0.05, 0.1) is 12.6 Å². The van der Waals surface area contributed by atoms with Crippen molar-refractivity contribution in [2.75, 3.05) is 20.3 Å². The van der Waals surface area contributed by atoms with Gasteiger partial charge < -0.3 is 15.0 Å². The molecule has 2 amide bonds. The van der Waals surface area contributed by atoms with E-state index in [4.69, 9.17) is 4.74 Å². The van der Waals surface area contributed by atoms with Gasteiger partial charge in [-0.2, -0.15) is 0 Å². The van der Waals surface area contributed by atoms with Crippen LogP contribution in [0.1, 0.15) is 50.5 Å². The average molecular weight is 409 g/mol. The highest BCUT2D eigenvalue weighted by atomic mass is 16.5. The van der Waals surface area contributed by atoms with E-state index in [-0.39, 0.29) is 23.4 Å². The lowest BCUT2D eigenvalue weighted by molar-refractivity contribution is -0.136. The fourth-order valence-corrected chi connectivity index (χ4v) is 5.18. The van der Waals surface area contributed by atoms with Crippen LogP contribution in [0.3, 0.4) is 0 Å². The van der Waals surface area contributed by atoms with E-state index in [2.05, 4.69) is 41.7 Å². The molecule has 0 spiro atoms. The third kappa shape index (κ3) is 4.51. The van der Waals surface area contributed by atoms with E-state index in [1.165, 1.54) is 16.3 Å². The Kier molecular flexibility index (Phi) is 6.38. The molecule has 2 atom stereocenters. The molecule has 0 aromatic heterocycles. The first-order chi connectivity index (χ1) is 14.6. The molecular formula is C25H32N2O3. The molecule has 0 unspecified atom stereocenters. The van der Waals surface area contributed by atoms with Crippen LogP contribution in [0.4, 0.5) is 0 Å². The molecule has 160 valence electrons. The predicted molar refractivity (Wildman–Crippen MR) is 118 cm³/mol. The Bertz CT molecular complexity index is 905. The third-order valence-electron chi connectivity index (χ3n) is 6.77. The molecule has 2 aliphatic rings. The van der Waals surface area contributed by atoms with Gasteiger partial charge in [-0.25, -0.2) is 0 Å². The van der Waals surface area contributed by atoms with Crippen LogP contribution >= 0.6 is 0 Å². The van der Waals surface area contributed by atoms with Crippen molar-refractivity contribution in [1.82, 2.24) is 10.2 Å². The Morgan fingerprint density at radius 1 is 1.20 bits per heavy atom. The second-order valence-electron chi connectivity index (χ2n) is 8.84. The highest BCUT2D eigenvalue weighted by Crippen LogP contribution is 2.32. The van der Waals surface area contributed by atoms with Crippen LogP contribution in [0.2, 0.25) is 0 Å². The van der Waals surface area contributed by atoms with Crippen molar-refractivity contribution in [3.8, 4) is 0 Å². The minimum Gasteiger partial charge on any atom is -0.383 e. The van der Waals surface area contributed by atoms with Crippen LogP contribution in [-0.2, 0) is 20.7 Å². The summed E-state index contributed by atoms with van der Waals surface area (Å²) in [5.74, 6) is 0.285. The number of carbonyl (C=O) groups excluding carboxylic acids is 2. The van der Waals surface area contributed by atoms with Crippen molar-refractivity contribution >= 4 is 22.6 Å². The molecule has 2 heterocycles. The number of hydrogen-bond donors (Lipinski definition) is 1. The van der Waals surface area contributed by atoms with E-state index in [1.807, 2.05) is 11.0 Å². The molecule has 4 rings (SSSR count). The fourth-order valence-electron chi connectivity index (χ4n) is 5.18. The maximum Gasteiger partial charge on any atom is 0.222 e. The summed E-state index contributed by atoms with van der Waals surface area (Å²) in [6, 6.07) is 14.9. The van der Waals surface area contributed by atoms with Crippen LogP contribution in [-0.4, -0.2) is 48.6 Å². The van der Waals surface area contributed by atoms with Crippen molar-refractivity contribution in [1.29, 1.82) is 0 Å². The quantitative estimate of drug-likeness (QED) is 0.757. The van der Waals surface area contributed by atoms with Crippen molar-refractivity contribution < 1.29 is 14.3 Å². The number of methoxy groups -OCH3 is 1. The Balaban J connectivity index is 1.50. The molecule has 0 radical (unpaired) electrons. The van der Waals surface area contributed by atoms with Crippen LogP contribution < -0.4 is 5.32 Å². The Labute approximate surface area is 178 Å². The molecule has 2 aliphatic heterocycles. The minimum absolute atomic E-state index is 0.0953. The minimum atomic E-state index is -0.344. The molecule has 0 bridgehead atoms. The molecule has 30 heavy (non-hydrogen) atoms. The summed E-state index contributed by atoms with van der Waals surface area (Å²) in [5, 5.41) is 5.68. The Morgan fingerprint density at radius 3 is 2.83 bits per heavy atom. The van der Waals surface area contributed by atoms with Gasteiger partial charge in [0.15, 0.2) is 0 Å². The molecule has 2 fully saturated rings. The van der Waals surface area contributed by atoms with Crippen molar-refractivity contribution in [3.63, 3.8) is 0 Å². The van der Waals surface area contributed by atoms with Gasteiger partial charge in [0, 0.05) is 32.0 Å². The van der Waals surface area contributed by atoms with Crippen LogP contribution in [0.5, 0.6) is 0 Å². The molecule has 2 saturated heterocycles. The van der Waals surface area contributed by atoms with E-state index in [0.717, 1.165) is 38.6 Å². The zero-order chi connectivity index (χ0) is 21.0. The number of carbonyl (C=O) groups is 2. The van der Waals surface area contributed by atoms with Crippen LogP contribution in [0.15, 0.2) is 42.5 Å². The summed E-state index contributed by atoms with van der Waals surface area (Å²) in [7, 11) is 1.70. The molecule has 0 aliphatic carbocycles. The summed E-state index contributed by atoms with van der Waals surface area (Å²) in [6.07, 6.45) is 6.44. The van der Waals surface area contributed by atoms with E-state index < -0.39 is 0 Å².